The molecule has 86 valence electrons. The molecule has 1 atom stereocenters. The van der Waals surface area contributed by atoms with Gasteiger partial charge < -0.3 is 9.84 Å². The second-order valence-corrected chi connectivity index (χ2v) is 4.39. The fourth-order valence-electron chi connectivity index (χ4n) is 1.32. The van der Waals surface area contributed by atoms with Crippen molar-refractivity contribution < 1.29 is 9.84 Å². The fourth-order valence-corrected chi connectivity index (χ4v) is 2.34. The van der Waals surface area contributed by atoms with Crippen LogP contribution in [0.15, 0.2) is 10.5 Å². The number of nitriles is 1. The highest BCUT2D eigenvalue weighted by atomic mass is 79.9. The molecule has 16 heavy (non-hydrogen) atoms. The Morgan fingerprint density at radius 3 is 2.75 bits per heavy atom. The molecule has 0 spiro atoms. The molecule has 0 radical (unpaired) electrons. The first-order chi connectivity index (χ1) is 7.52. The zero-order chi connectivity index (χ0) is 12.3. The first-order valence-corrected chi connectivity index (χ1v) is 5.92. The van der Waals surface area contributed by atoms with Crippen LogP contribution in [-0.4, -0.2) is 11.7 Å². The minimum atomic E-state index is -0.705. The Morgan fingerprint density at radius 2 is 2.31 bits per heavy atom. The maximum absolute atomic E-state index is 9.60. The predicted octanol–water partition coefficient (Wildman–Crippen LogP) is 3.43. The van der Waals surface area contributed by atoms with Gasteiger partial charge in [-0.15, -0.1) is 0 Å². The van der Waals surface area contributed by atoms with Crippen LogP contribution >= 0.6 is 27.5 Å². The van der Waals surface area contributed by atoms with Gasteiger partial charge in [0, 0.05) is 5.56 Å². The lowest BCUT2D eigenvalue weighted by Gasteiger charge is -2.16. The van der Waals surface area contributed by atoms with E-state index in [-0.39, 0.29) is 0 Å². The predicted molar refractivity (Wildman–Crippen MR) is 65.7 cm³/mol. The van der Waals surface area contributed by atoms with Crippen LogP contribution in [0.1, 0.15) is 31.1 Å². The Balaban J connectivity index is 3.47. The molecular formula is C11H11BrClNO2. The Labute approximate surface area is 108 Å². The Morgan fingerprint density at radius 1 is 1.69 bits per heavy atom. The van der Waals surface area contributed by atoms with Gasteiger partial charge in [0.2, 0.25) is 0 Å². The van der Waals surface area contributed by atoms with E-state index in [1.807, 2.05) is 13.0 Å². The molecule has 1 N–H and O–H groups in total. The third-order valence-electron chi connectivity index (χ3n) is 2.05. The molecule has 0 aliphatic carbocycles. The first kappa shape index (κ1) is 13.3. The summed E-state index contributed by atoms with van der Waals surface area (Å²) in [5.74, 6) is 0.471. The summed E-state index contributed by atoms with van der Waals surface area (Å²) >= 11 is 9.20. The fraction of sp³-hybridized carbons (Fsp3) is 0.364. The second kappa shape index (κ2) is 5.53. The van der Waals surface area contributed by atoms with E-state index in [9.17, 15) is 5.11 Å². The molecule has 0 aliphatic heterocycles. The van der Waals surface area contributed by atoms with E-state index in [2.05, 4.69) is 15.9 Å². The quantitative estimate of drug-likeness (QED) is 0.931. The number of halogens is 2. The minimum Gasteiger partial charge on any atom is -0.492 e. The number of nitrogens with zero attached hydrogens (tertiary/aromatic N) is 1. The highest BCUT2D eigenvalue weighted by Gasteiger charge is 2.19. The molecule has 0 aromatic heterocycles. The van der Waals surface area contributed by atoms with Crippen LogP contribution in [0.2, 0.25) is 5.02 Å². The molecule has 0 amide bonds. The van der Waals surface area contributed by atoms with Crippen molar-refractivity contribution >= 4 is 27.5 Å². The van der Waals surface area contributed by atoms with Crippen molar-refractivity contribution in [1.82, 2.24) is 0 Å². The van der Waals surface area contributed by atoms with Crippen molar-refractivity contribution in [1.29, 1.82) is 5.26 Å². The van der Waals surface area contributed by atoms with E-state index in [1.165, 1.54) is 0 Å². The van der Waals surface area contributed by atoms with Gasteiger partial charge in [-0.3, -0.25) is 0 Å². The minimum absolute atomic E-state index is 0.300. The second-order valence-electron chi connectivity index (χ2n) is 3.19. The molecule has 3 nitrogen and oxygen atoms in total. The van der Waals surface area contributed by atoms with Crippen LogP contribution in [0.3, 0.4) is 0 Å². The summed E-state index contributed by atoms with van der Waals surface area (Å²) in [6.45, 7) is 3.90. The summed E-state index contributed by atoms with van der Waals surface area (Å²) in [5.41, 5.74) is 0.882. The Bertz CT molecular complexity index is 441. The molecule has 0 unspecified atom stereocenters. The van der Waals surface area contributed by atoms with Gasteiger partial charge in [-0.1, -0.05) is 11.6 Å². The molecule has 0 bridgehead atoms. The van der Waals surface area contributed by atoms with Gasteiger partial charge in [-0.05, 0) is 35.8 Å². The Hall–Kier alpha value is -0.760. The van der Waals surface area contributed by atoms with Crippen LogP contribution in [0.4, 0.5) is 0 Å². The third-order valence-corrected chi connectivity index (χ3v) is 3.11. The third kappa shape index (κ3) is 2.49. The van der Waals surface area contributed by atoms with E-state index in [0.717, 1.165) is 0 Å². The van der Waals surface area contributed by atoms with E-state index >= 15 is 0 Å². The number of benzene rings is 1. The lowest BCUT2D eigenvalue weighted by molar-refractivity contribution is 0.192. The van der Waals surface area contributed by atoms with Crippen molar-refractivity contribution in [2.75, 3.05) is 6.61 Å². The summed E-state index contributed by atoms with van der Waals surface area (Å²) in [6, 6.07) is 3.54. The van der Waals surface area contributed by atoms with Crippen LogP contribution in [0.5, 0.6) is 5.75 Å². The molecule has 5 heteroatoms. The maximum atomic E-state index is 9.60. The topological polar surface area (TPSA) is 53.2 Å². The van der Waals surface area contributed by atoms with Gasteiger partial charge in [-0.2, -0.15) is 5.26 Å². The van der Waals surface area contributed by atoms with Crippen molar-refractivity contribution in [3.05, 3.63) is 26.7 Å². The summed E-state index contributed by atoms with van der Waals surface area (Å²) < 4.78 is 5.90. The van der Waals surface area contributed by atoms with Gasteiger partial charge in [0.1, 0.15) is 11.8 Å². The molecule has 0 fully saturated rings. The van der Waals surface area contributed by atoms with Gasteiger partial charge >= 0.3 is 0 Å². The van der Waals surface area contributed by atoms with E-state index in [4.69, 9.17) is 21.6 Å². The van der Waals surface area contributed by atoms with Gasteiger partial charge in [0.25, 0.3) is 0 Å². The summed E-state index contributed by atoms with van der Waals surface area (Å²) in [4.78, 5) is 0. The summed E-state index contributed by atoms with van der Waals surface area (Å²) in [7, 11) is 0. The van der Waals surface area contributed by atoms with Crippen molar-refractivity contribution in [3.8, 4) is 11.8 Å². The van der Waals surface area contributed by atoms with Gasteiger partial charge in [0.05, 0.1) is 27.8 Å². The molecular weight excluding hydrogens is 293 g/mol. The number of hydrogen-bond donors (Lipinski definition) is 1. The van der Waals surface area contributed by atoms with Crippen LogP contribution < -0.4 is 4.74 Å². The van der Waals surface area contributed by atoms with Gasteiger partial charge in [-0.25, -0.2) is 0 Å². The normalized spacial score (nSPS) is 12.0. The van der Waals surface area contributed by atoms with Crippen molar-refractivity contribution in [2.45, 2.75) is 20.0 Å². The number of ether oxygens (including phenoxy) is 1. The highest BCUT2D eigenvalue weighted by molar-refractivity contribution is 9.10. The number of rotatable bonds is 3. The highest BCUT2D eigenvalue weighted by Crippen LogP contribution is 2.39. The van der Waals surface area contributed by atoms with Crippen molar-refractivity contribution in [2.24, 2.45) is 0 Å². The molecule has 0 aliphatic rings. The van der Waals surface area contributed by atoms with E-state index < -0.39 is 6.10 Å². The largest absolute Gasteiger partial charge is 0.492 e. The van der Waals surface area contributed by atoms with Gasteiger partial charge in [0.15, 0.2) is 0 Å². The first-order valence-electron chi connectivity index (χ1n) is 4.75. The number of aliphatic hydroxyl groups excluding tert-OH is 1. The molecule has 1 aromatic rings. The Kier molecular flexibility index (Phi) is 4.60. The lowest BCUT2D eigenvalue weighted by Crippen LogP contribution is -2.02. The zero-order valence-electron chi connectivity index (χ0n) is 8.92. The monoisotopic (exact) mass is 303 g/mol. The smallest absolute Gasteiger partial charge is 0.140 e. The average Bonchev–Trinajstić information content (AvgIpc) is 2.22. The number of aliphatic hydroxyl groups is 1. The molecule has 1 aromatic carbocycles. The van der Waals surface area contributed by atoms with Crippen LogP contribution in [-0.2, 0) is 0 Å². The van der Waals surface area contributed by atoms with Crippen molar-refractivity contribution in [3.63, 3.8) is 0 Å². The molecule has 0 saturated heterocycles. The van der Waals surface area contributed by atoms with Crippen LogP contribution in [0.25, 0.3) is 0 Å². The lowest BCUT2D eigenvalue weighted by atomic mass is 10.1. The average molecular weight is 305 g/mol. The maximum Gasteiger partial charge on any atom is 0.140 e. The molecule has 0 heterocycles. The SMILES string of the molecule is CCOc1c([C@@H](C)O)cc(Cl)c(C#N)c1Br. The number of hydrogen-bond acceptors (Lipinski definition) is 3. The summed E-state index contributed by atoms with van der Waals surface area (Å²) in [6.07, 6.45) is -0.705. The standard InChI is InChI=1S/C11H11BrClNO2/c1-3-16-11-7(6(2)15)4-9(13)8(5-14)10(11)12/h4,6,15H,3H2,1-2H3/t6-/m1/s1. The molecule has 0 saturated carbocycles. The van der Waals surface area contributed by atoms with Crippen LogP contribution in [0, 0.1) is 11.3 Å². The van der Waals surface area contributed by atoms with E-state index in [1.54, 1.807) is 13.0 Å². The molecule has 1 rings (SSSR count). The van der Waals surface area contributed by atoms with E-state index in [0.29, 0.717) is 33.0 Å². The summed E-state index contributed by atoms with van der Waals surface area (Å²) in [5, 5.41) is 18.8. The zero-order valence-corrected chi connectivity index (χ0v) is 11.3.